The second-order valence-corrected chi connectivity index (χ2v) is 5.22. The van der Waals surface area contributed by atoms with Crippen LogP contribution >= 0.6 is 0 Å². The van der Waals surface area contributed by atoms with Crippen LogP contribution in [0.2, 0.25) is 0 Å². The first kappa shape index (κ1) is 14.7. The molecule has 0 bridgehead atoms. The number of halogens is 2. The molecule has 2 rings (SSSR count). The van der Waals surface area contributed by atoms with Crippen molar-refractivity contribution in [3.8, 4) is 0 Å². The second-order valence-electron chi connectivity index (χ2n) is 5.22. The Morgan fingerprint density at radius 3 is 2.65 bits per heavy atom. The number of likely N-dealkylation sites (N-methyl/N-ethyl adjacent to an activating group) is 1. The average molecular weight is 284 g/mol. The normalized spacial score (nSPS) is 20.8. The number of carboxylic acids is 1. The largest absolute Gasteiger partial charge is 0.478 e. The summed E-state index contributed by atoms with van der Waals surface area (Å²) in [4.78, 5) is 14.7. The minimum atomic E-state index is -1.46. The van der Waals surface area contributed by atoms with Crippen LogP contribution < -0.4 is 4.90 Å². The number of benzene rings is 1. The van der Waals surface area contributed by atoms with Gasteiger partial charge in [-0.15, -0.1) is 0 Å². The summed E-state index contributed by atoms with van der Waals surface area (Å²) in [6.45, 7) is 4.22. The number of aromatic carboxylic acids is 1. The van der Waals surface area contributed by atoms with Crippen LogP contribution in [-0.2, 0) is 0 Å². The highest BCUT2D eigenvalue weighted by atomic mass is 19.2. The zero-order valence-corrected chi connectivity index (χ0v) is 11.6. The molecule has 1 heterocycles. The third kappa shape index (κ3) is 2.75. The molecule has 0 spiro atoms. The van der Waals surface area contributed by atoms with Crippen LogP contribution in [0.1, 0.15) is 23.7 Å². The molecule has 0 radical (unpaired) electrons. The van der Waals surface area contributed by atoms with Gasteiger partial charge < -0.3 is 14.9 Å². The third-order valence-corrected chi connectivity index (χ3v) is 3.65. The van der Waals surface area contributed by atoms with E-state index in [-0.39, 0.29) is 11.7 Å². The van der Waals surface area contributed by atoms with Crippen molar-refractivity contribution in [1.29, 1.82) is 0 Å². The zero-order valence-electron chi connectivity index (χ0n) is 11.6. The molecule has 110 valence electrons. The van der Waals surface area contributed by atoms with Gasteiger partial charge in [-0.3, -0.25) is 0 Å². The number of hydrogen-bond donors (Lipinski definition) is 1. The second kappa shape index (κ2) is 5.75. The van der Waals surface area contributed by atoms with Crippen molar-refractivity contribution >= 4 is 11.7 Å². The topological polar surface area (TPSA) is 43.8 Å². The average Bonchev–Trinajstić information content (AvgIpc) is 2.53. The number of nitrogens with zero attached hydrogens (tertiary/aromatic N) is 2. The Morgan fingerprint density at radius 2 is 2.00 bits per heavy atom. The fraction of sp³-hybridized carbons (Fsp3) is 0.500. The maximum absolute atomic E-state index is 14.1. The van der Waals surface area contributed by atoms with Crippen molar-refractivity contribution in [1.82, 2.24) is 4.90 Å². The van der Waals surface area contributed by atoms with Gasteiger partial charge in [0.1, 0.15) is 0 Å². The van der Waals surface area contributed by atoms with E-state index in [0.29, 0.717) is 6.54 Å². The first-order chi connectivity index (χ1) is 9.41. The fourth-order valence-electron chi connectivity index (χ4n) is 2.66. The molecule has 6 heteroatoms. The Hall–Kier alpha value is -1.69. The van der Waals surface area contributed by atoms with Crippen LogP contribution in [0.15, 0.2) is 12.1 Å². The van der Waals surface area contributed by atoms with Gasteiger partial charge >= 0.3 is 5.97 Å². The van der Waals surface area contributed by atoms with Gasteiger partial charge in [0, 0.05) is 19.1 Å². The van der Waals surface area contributed by atoms with Gasteiger partial charge in [-0.1, -0.05) is 0 Å². The highest BCUT2D eigenvalue weighted by Gasteiger charge is 2.25. The van der Waals surface area contributed by atoms with Crippen LogP contribution in [0.4, 0.5) is 14.5 Å². The Labute approximate surface area is 116 Å². The quantitative estimate of drug-likeness (QED) is 0.904. The van der Waals surface area contributed by atoms with E-state index in [1.165, 1.54) is 6.07 Å². The van der Waals surface area contributed by atoms with Crippen molar-refractivity contribution in [2.45, 2.75) is 19.4 Å². The number of carboxylic acid groups (broad SMARTS) is 1. The summed E-state index contributed by atoms with van der Waals surface area (Å²) < 4.78 is 27.9. The summed E-state index contributed by atoms with van der Waals surface area (Å²) in [6.07, 6.45) is 0.850. The first-order valence-corrected chi connectivity index (χ1v) is 6.58. The van der Waals surface area contributed by atoms with Crippen LogP contribution in [0.3, 0.4) is 0 Å². The smallest absolute Gasteiger partial charge is 0.338 e. The zero-order chi connectivity index (χ0) is 14.9. The summed E-state index contributed by atoms with van der Waals surface area (Å²) >= 11 is 0. The van der Waals surface area contributed by atoms with E-state index >= 15 is 0 Å². The Bertz CT molecular complexity index is 522. The maximum Gasteiger partial charge on any atom is 0.338 e. The molecular weight excluding hydrogens is 266 g/mol. The molecule has 1 atom stereocenters. The van der Waals surface area contributed by atoms with Crippen molar-refractivity contribution in [2.75, 3.05) is 31.6 Å². The summed E-state index contributed by atoms with van der Waals surface area (Å²) in [5, 5.41) is 8.80. The van der Waals surface area contributed by atoms with E-state index < -0.39 is 23.2 Å². The third-order valence-electron chi connectivity index (χ3n) is 3.65. The van der Waals surface area contributed by atoms with Crippen LogP contribution in [0, 0.1) is 11.6 Å². The lowest BCUT2D eigenvalue weighted by atomic mass is 10.1. The van der Waals surface area contributed by atoms with E-state index in [0.717, 1.165) is 25.6 Å². The molecule has 1 aliphatic rings. The van der Waals surface area contributed by atoms with Gasteiger partial charge in [0.25, 0.3) is 0 Å². The molecule has 4 nitrogen and oxygen atoms in total. The lowest BCUT2D eigenvalue weighted by molar-refractivity contribution is 0.0690. The van der Waals surface area contributed by atoms with Crippen LogP contribution in [0.5, 0.6) is 0 Å². The van der Waals surface area contributed by atoms with Gasteiger partial charge in [0.05, 0.1) is 11.3 Å². The lowest BCUT2D eigenvalue weighted by Gasteiger charge is -2.30. The van der Waals surface area contributed by atoms with Crippen LogP contribution in [0.25, 0.3) is 0 Å². The van der Waals surface area contributed by atoms with Crippen LogP contribution in [-0.4, -0.2) is 48.7 Å². The van der Waals surface area contributed by atoms with Crippen molar-refractivity contribution in [3.63, 3.8) is 0 Å². The molecule has 1 unspecified atom stereocenters. The minimum Gasteiger partial charge on any atom is -0.478 e. The molecule has 0 saturated carbocycles. The van der Waals surface area contributed by atoms with Gasteiger partial charge in [-0.05, 0) is 39.1 Å². The number of rotatable bonds is 2. The molecule has 1 N–H and O–H groups in total. The highest BCUT2D eigenvalue weighted by Crippen LogP contribution is 2.27. The van der Waals surface area contributed by atoms with E-state index in [1.54, 1.807) is 4.90 Å². The molecule has 1 aliphatic heterocycles. The molecular formula is C14H18F2N2O2. The molecule has 0 aromatic heterocycles. The molecule has 0 aliphatic carbocycles. The minimum absolute atomic E-state index is 0.0343. The summed E-state index contributed by atoms with van der Waals surface area (Å²) in [5.41, 5.74) is -0.499. The summed E-state index contributed by atoms with van der Waals surface area (Å²) in [6, 6.07) is 2.51. The SMILES string of the molecule is CC1CN(C)CCCN1c1ccc(C(=O)O)c(F)c1F. The van der Waals surface area contributed by atoms with Gasteiger partial charge in [0.15, 0.2) is 11.6 Å². The predicted molar refractivity (Wildman–Crippen MR) is 72.2 cm³/mol. The van der Waals surface area contributed by atoms with Crippen molar-refractivity contribution < 1.29 is 18.7 Å². The summed E-state index contributed by atoms with van der Waals surface area (Å²) in [7, 11) is 1.99. The molecule has 0 amide bonds. The Kier molecular flexibility index (Phi) is 4.23. The Balaban J connectivity index is 2.37. The maximum atomic E-state index is 14.1. The molecule has 1 fully saturated rings. The summed E-state index contributed by atoms with van der Waals surface area (Å²) in [5.74, 6) is -3.84. The first-order valence-electron chi connectivity index (χ1n) is 6.58. The fourth-order valence-corrected chi connectivity index (χ4v) is 2.66. The number of anilines is 1. The van der Waals surface area contributed by atoms with Gasteiger partial charge in [0.2, 0.25) is 0 Å². The molecule has 1 saturated heterocycles. The molecule has 1 aromatic carbocycles. The standard InChI is InChI=1S/C14H18F2N2O2/c1-9-8-17(2)6-3-7-18(9)11-5-4-10(14(19)20)12(15)13(11)16/h4-5,9H,3,6-8H2,1-2H3,(H,19,20). The monoisotopic (exact) mass is 284 g/mol. The Morgan fingerprint density at radius 1 is 1.30 bits per heavy atom. The number of carbonyl (C=O) groups is 1. The van der Waals surface area contributed by atoms with E-state index in [4.69, 9.17) is 5.11 Å². The molecule has 20 heavy (non-hydrogen) atoms. The predicted octanol–water partition coefficient (Wildman–Crippen LogP) is 2.19. The molecule has 1 aromatic rings. The highest BCUT2D eigenvalue weighted by molar-refractivity contribution is 5.88. The van der Waals surface area contributed by atoms with Crippen molar-refractivity contribution in [3.05, 3.63) is 29.3 Å². The lowest BCUT2D eigenvalue weighted by Crippen LogP contribution is -2.38. The van der Waals surface area contributed by atoms with E-state index in [9.17, 15) is 13.6 Å². The van der Waals surface area contributed by atoms with Gasteiger partial charge in [-0.2, -0.15) is 0 Å². The van der Waals surface area contributed by atoms with Crippen molar-refractivity contribution in [2.24, 2.45) is 0 Å². The van der Waals surface area contributed by atoms with E-state index in [2.05, 4.69) is 4.90 Å². The van der Waals surface area contributed by atoms with Gasteiger partial charge in [-0.25, -0.2) is 13.6 Å². The number of hydrogen-bond acceptors (Lipinski definition) is 3. The van der Waals surface area contributed by atoms with E-state index in [1.807, 2.05) is 14.0 Å².